The molecule has 0 aliphatic heterocycles. The minimum Gasteiger partial charge on any atom is -0.462 e. The number of amides is 1. The van der Waals surface area contributed by atoms with Crippen molar-refractivity contribution in [2.75, 3.05) is 17.7 Å². The highest BCUT2D eigenvalue weighted by Crippen LogP contribution is 2.36. The molecule has 1 N–H and O–H groups in total. The lowest BCUT2D eigenvalue weighted by Gasteiger charge is -2.08. The van der Waals surface area contributed by atoms with Gasteiger partial charge in [-0.3, -0.25) is 4.79 Å². The normalized spacial score (nSPS) is 10.9. The van der Waals surface area contributed by atoms with E-state index in [4.69, 9.17) is 9.15 Å². The second-order valence-electron chi connectivity index (χ2n) is 7.71. The highest BCUT2D eigenvalue weighted by molar-refractivity contribution is 7.99. The first-order valence-corrected chi connectivity index (χ1v) is 13.1. The van der Waals surface area contributed by atoms with E-state index in [2.05, 4.69) is 15.5 Å². The Kier molecular flexibility index (Phi) is 7.11. The van der Waals surface area contributed by atoms with Gasteiger partial charge in [0.05, 0.1) is 12.4 Å². The van der Waals surface area contributed by atoms with Crippen molar-refractivity contribution < 1.29 is 18.7 Å². The van der Waals surface area contributed by atoms with Crippen LogP contribution in [0.3, 0.4) is 0 Å². The summed E-state index contributed by atoms with van der Waals surface area (Å²) in [6.07, 6.45) is 0. The molecule has 2 heterocycles. The van der Waals surface area contributed by atoms with Crippen LogP contribution >= 0.6 is 23.1 Å². The maximum absolute atomic E-state index is 12.7. The summed E-state index contributed by atoms with van der Waals surface area (Å²) in [6, 6.07) is 23.5. The van der Waals surface area contributed by atoms with Crippen LogP contribution in [0.1, 0.15) is 17.3 Å². The molecule has 0 unspecified atom stereocenters. The van der Waals surface area contributed by atoms with Crippen molar-refractivity contribution in [3.05, 3.63) is 83.7 Å². The van der Waals surface area contributed by atoms with E-state index in [1.54, 1.807) is 6.92 Å². The number of nitrogens with one attached hydrogen (secondary N) is 1. The van der Waals surface area contributed by atoms with Crippen LogP contribution in [0.15, 0.2) is 87.8 Å². The van der Waals surface area contributed by atoms with Crippen molar-refractivity contribution in [2.45, 2.75) is 12.1 Å². The molecule has 0 fully saturated rings. The van der Waals surface area contributed by atoms with Crippen LogP contribution in [-0.2, 0) is 9.53 Å². The van der Waals surface area contributed by atoms with Gasteiger partial charge in [-0.05, 0) is 35.4 Å². The van der Waals surface area contributed by atoms with Crippen molar-refractivity contribution in [3.63, 3.8) is 0 Å². The third kappa shape index (κ3) is 5.17. The van der Waals surface area contributed by atoms with Gasteiger partial charge in [0.15, 0.2) is 0 Å². The number of rotatable bonds is 8. The Morgan fingerprint density at radius 3 is 2.56 bits per heavy atom. The van der Waals surface area contributed by atoms with Crippen LogP contribution in [0.2, 0.25) is 0 Å². The molecule has 5 aromatic rings. The quantitative estimate of drug-likeness (QED) is 0.186. The summed E-state index contributed by atoms with van der Waals surface area (Å²) in [5.74, 6) is -0.339. The number of ether oxygens (including phenoxy) is 1. The van der Waals surface area contributed by atoms with E-state index >= 15 is 0 Å². The van der Waals surface area contributed by atoms with Crippen LogP contribution in [0.5, 0.6) is 0 Å². The summed E-state index contributed by atoms with van der Waals surface area (Å²) in [4.78, 5) is 25.4. The highest BCUT2D eigenvalue weighted by atomic mass is 32.2. The lowest BCUT2D eigenvalue weighted by molar-refractivity contribution is -0.113. The number of nitrogens with zero attached hydrogens (tertiary/aromatic N) is 2. The molecule has 0 bridgehead atoms. The number of thiophene rings is 1. The second kappa shape index (κ2) is 10.8. The van der Waals surface area contributed by atoms with Gasteiger partial charge in [-0.1, -0.05) is 72.4 Å². The number of benzene rings is 3. The largest absolute Gasteiger partial charge is 0.462 e. The van der Waals surface area contributed by atoms with Crippen LogP contribution in [0.4, 0.5) is 5.00 Å². The van der Waals surface area contributed by atoms with Gasteiger partial charge in [-0.25, -0.2) is 4.79 Å². The maximum atomic E-state index is 12.7. The average molecular weight is 516 g/mol. The summed E-state index contributed by atoms with van der Waals surface area (Å²) in [5.41, 5.74) is 2.75. The molecule has 0 saturated heterocycles. The Hall–Kier alpha value is -3.95. The van der Waals surface area contributed by atoms with Gasteiger partial charge in [0, 0.05) is 16.5 Å². The van der Waals surface area contributed by atoms with Gasteiger partial charge in [0.25, 0.3) is 5.22 Å². The number of hydrogen-bond acceptors (Lipinski definition) is 8. The Labute approximate surface area is 215 Å². The molecule has 0 radical (unpaired) electrons. The summed E-state index contributed by atoms with van der Waals surface area (Å²) in [6.45, 7) is 1.99. The summed E-state index contributed by atoms with van der Waals surface area (Å²) >= 11 is 2.41. The number of fused-ring (bicyclic) bond motifs is 1. The Morgan fingerprint density at radius 2 is 1.75 bits per heavy atom. The molecule has 0 spiro atoms. The molecule has 0 atom stereocenters. The predicted molar refractivity (Wildman–Crippen MR) is 142 cm³/mol. The fourth-order valence-electron chi connectivity index (χ4n) is 3.68. The Balaban J connectivity index is 1.28. The van der Waals surface area contributed by atoms with Crippen molar-refractivity contribution >= 4 is 50.7 Å². The first-order chi connectivity index (χ1) is 17.6. The first-order valence-electron chi connectivity index (χ1n) is 11.2. The summed E-state index contributed by atoms with van der Waals surface area (Å²) in [5, 5.41) is 15.8. The fourth-order valence-corrected chi connectivity index (χ4v) is 5.22. The number of aromatic nitrogens is 2. The van der Waals surface area contributed by atoms with E-state index in [0.29, 0.717) is 16.5 Å². The van der Waals surface area contributed by atoms with E-state index in [-0.39, 0.29) is 23.5 Å². The number of thioether (sulfide) groups is 1. The van der Waals surface area contributed by atoms with Crippen molar-refractivity contribution in [3.8, 4) is 22.6 Å². The third-order valence-corrected chi connectivity index (χ3v) is 7.05. The molecule has 3 aromatic carbocycles. The standard InChI is InChI=1S/C27H21N3O4S2/c1-2-33-26(32)23-21(18-9-4-3-5-10-18)15-35-25(23)28-22(31)16-36-27-30-29-24(34-27)20-13-12-17-8-6-7-11-19(17)14-20/h3-15H,2,16H2,1H3,(H,28,31). The molecule has 2 aromatic heterocycles. The monoisotopic (exact) mass is 515 g/mol. The zero-order chi connectivity index (χ0) is 24.9. The van der Waals surface area contributed by atoms with Crippen molar-refractivity contribution in [1.29, 1.82) is 0 Å². The first kappa shape index (κ1) is 23.8. The topological polar surface area (TPSA) is 94.3 Å². The molecule has 36 heavy (non-hydrogen) atoms. The molecule has 7 nitrogen and oxygen atoms in total. The minimum absolute atomic E-state index is 0.0419. The molecular formula is C27H21N3O4S2. The van der Waals surface area contributed by atoms with Gasteiger partial charge in [-0.15, -0.1) is 21.5 Å². The molecule has 0 saturated carbocycles. The van der Waals surface area contributed by atoms with E-state index in [9.17, 15) is 9.59 Å². The van der Waals surface area contributed by atoms with Gasteiger partial charge >= 0.3 is 5.97 Å². The number of carbonyl (C=O) groups excluding carboxylic acids is 2. The third-order valence-electron chi connectivity index (χ3n) is 5.34. The Bertz CT molecular complexity index is 1530. The van der Waals surface area contributed by atoms with Crippen LogP contribution in [0.25, 0.3) is 33.4 Å². The Morgan fingerprint density at radius 1 is 0.972 bits per heavy atom. The predicted octanol–water partition coefficient (Wildman–Crippen LogP) is 6.53. The van der Waals surface area contributed by atoms with Crippen molar-refractivity contribution in [1.82, 2.24) is 10.2 Å². The molecule has 9 heteroatoms. The molecule has 1 amide bonds. The minimum atomic E-state index is -0.475. The van der Waals surface area contributed by atoms with Gasteiger partial charge in [-0.2, -0.15) is 0 Å². The zero-order valence-corrected chi connectivity index (χ0v) is 20.9. The molecule has 0 aliphatic carbocycles. The second-order valence-corrected chi connectivity index (χ2v) is 9.52. The number of hydrogen-bond donors (Lipinski definition) is 1. The lowest BCUT2D eigenvalue weighted by atomic mass is 10.0. The van der Waals surface area contributed by atoms with Crippen LogP contribution in [-0.4, -0.2) is 34.4 Å². The number of carbonyl (C=O) groups is 2. The zero-order valence-electron chi connectivity index (χ0n) is 19.3. The highest BCUT2D eigenvalue weighted by Gasteiger charge is 2.23. The molecule has 180 valence electrons. The van der Waals surface area contributed by atoms with Gasteiger partial charge < -0.3 is 14.5 Å². The smallest absolute Gasteiger partial charge is 0.341 e. The van der Waals surface area contributed by atoms with Gasteiger partial charge in [0.2, 0.25) is 11.8 Å². The van der Waals surface area contributed by atoms with E-state index < -0.39 is 5.97 Å². The van der Waals surface area contributed by atoms with E-state index in [1.165, 1.54) is 11.3 Å². The van der Waals surface area contributed by atoms with Crippen LogP contribution in [0, 0.1) is 0 Å². The maximum Gasteiger partial charge on any atom is 0.341 e. The SMILES string of the molecule is CCOC(=O)c1c(-c2ccccc2)csc1NC(=O)CSc1nnc(-c2ccc3ccccc3c2)o1. The van der Waals surface area contributed by atoms with Crippen molar-refractivity contribution in [2.24, 2.45) is 0 Å². The average Bonchev–Trinajstić information content (AvgIpc) is 3.55. The van der Waals surface area contributed by atoms with E-state index in [0.717, 1.165) is 39.2 Å². The lowest BCUT2D eigenvalue weighted by Crippen LogP contribution is -2.16. The van der Waals surface area contributed by atoms with Crippen LogP contribution < -0.4 is 5.32 Å². The van der Waals surface area contributed by atoms with Gasteiger partial charge in [0.1, 0.15) is 10.6 Å². The summed E-state index contributed by atoms with van der Waals surface area (Å²) in [7, 11) is 0. The number of esters is 1. The molecule has 5 rings (SSSR count). The summed E-state index contributed by atoms with van der Waals surface area (Å²) < 4.78 is 11.0. The fraction of sp³-hybridized carbons (Fsp3) is 0.111. The number of anilines is 1. The van der Waals surface area contributed by atoms with E-state index in [1.807, 2.05) is 78.2 Å². The molecule has 0 aliphatic rings. The molecular weight excluding hydrogens is 494 g/mol.